The zero-order valence-corrected chi connectivity index (χ0v) is 13.3. The van der Waals surface area contributed by atoms with E-state index in [9.17, 15) is 9.50 Å². The van der Waals surface area contributed by atoms with E-state index >= 15 is 0 Å². The lowest BCUT2D eigenvalue weighted by Crippen LogP contribution is -2.55. The maximum Gasteiger partial charge on any atom is 0.126 e. The Balaban J connectivity index is 1.72. The number of rotatable bonds is 5. The smallest absolute Gasteiger partial charge is 0.126 e. The third kappa shape index (κ3) is 3.77. The van der Waals surface area contributed by atoms with Gasteiger partial charge in [-0.15, -0.1) is 0 Å². The van der Waals surface area contributed by atoms with Crippen molar-refractivity contribution in [1.82, 2.24) is 14.5 Å². The third-order valence-corrected chi connectivity index (χ3v) is 4.23. The van der Waals surface area contributed by atoms with Crippen molar-refractivity contribution < 1.29 is 14.2 Å². The molecule has 3 rings (SSSR count). The van der Waals surface area contributed by atoms with E-state index < -0.39 is 5.60 Å². The van der Waals surface area contributed by atoms with Crippen LogP contribution in [0.15, 0.2) is 36.8 Å². The molecule has 1 saturated heterocycles. The molecular formula is C17H22FN3O2. The molecule has 1 aliphatic heterocycles. The maximum absolute atomic E-state index is 13.9. The number of hydrogen-bond donors (Lipinski definition) is 1. The van der Waals surface area contributed by atoms with Gasteiger partial charge in [-0.3, -0.25) is 4.90 Å². The molecule has 1 fully saturated rings. The molecule has 0 spiro atoms. The lowest BCUT2D eigenvalue weighted by molar-refractivity contribution is -0.134. The molecule has 0 aliphatic carbocycles. The molecule has 0 radical (unpaired) electrons. The van der Waals surface area contributed by atoms with Gasteiger partial charge >= 0.3 is 0 Å². The summed E-state index contributed by atoms with van der Waals surface area (Å²) in [6.07, 6.45) is 4.11. The number of halogens is 1. The molecular weight excluding hydrogens is 297 g/mol. The van der Waals surface area contributed by atoms with E-state index in [-0.39, 0.29) is 12.4 Å². The molecule has 0 bridgehead atoms. The fourth-order valence-electron chi connectivity index (χ4n) is 3.08. The van der Waals surface area contributed by atoms with Gasteiger partial charge < -0.3 is 14.4 Å². The van der Waals surface area contributed by atoms with Gasteiger partial charge in [-0.2, -0.15) is 0 Å². The first-order valence-electron chi connectivity index (χ1n) is 7.78. The number of benzene rings is 1. The topological polar surface area (TPSA) is 50.5 Å². The summed E-state index contributed by atoms with van der Waals surface area (Å²) in [5.74, 6) is -0.259. The fraction of sp³-hybridized carbons (Fsp3) is 0.471. The van der Waals surface area contributed by atoms with E-state index in [1.165, 1.54) is 6.07 Å². The maximum atomic E-state index is 13.9. The molecule has 2 heterocycles. The average Bonchev–Trinajstić information content (AvgIpc) is 2.95. The Kier molecular flexibility index (Phi) is 4.75. The van der Waals surface area contributed by atoms with Crippen LogP contribution in [0, 0.1) is 5.82 Å². The molecule has 1 atom stereocenters. The lowest BCUT2D eigenvalue weighted by atomic mass is 9.92. The highest BCUT2D eigenvalue weighted by Crippen LogP contribution is 2.25. The second kappa shape index (κ2) is 6.78. The first-order valence-corrected chi connectivity index (χ1v) is 7.78. The van der Waals surface area contributed by atoms with E-state index in [1.807, 2.05) is 17.8 Å². The van der Waals surface area contributed by atoms with Gasteiger partial charge in [0.1, 0.15) is 11.4 Å². The third-order valence-electron chi connectivity index (χ3n) is 4.23. The molecule has 0 saturated carbocycles. The number of morpholine rings is 1. The number of imidazole rings is 1. The van der Waals surface area contributed by atoms with Crippen molar-refractivity contribution in [3.05, 3.63) is 53.9 Å². The second-order valence-electron chi connectivity index (χ2n) is 6.20. The van der Waals surface area contributed by atoms with Crippen LogP contribution in [0.2, 0.25) is 0 Å². The van der Waals surface area contributed by atoms with Crippen LogP contribution in [0.1, 0.15) is 11.3 Å². The standard InChI is InChI=1S/C17H22FN3O2/c1-20-9-15(19-13-20)10-21-6-7-23-17(11-21,12-22)8-14-4-2-3-5-16(14)18/h2-5,9,13,22H,6-8,10-12H2,1H3/t17-/m0/s1. The largest absolute Gasteiger partial charge is 0.393 e. The first-order chi connectivity index (χ1) is 11.1. The zero-order chi connectivity index (χ0) is 16.3. The number of aliphatic hydroxyl groups excluding tert-OH is 1. The summed E-state index contributed by atoms with van der Waals surface area (Å²) in [6.45, 7) is 2.40. The van der Waals surface area contributed by atoms with Gasteiger partial charge in [0.25, 0.3) is 0 Å². The van der Waals surface area contributed by atoms with E-state index in [4.69, 9.17) is 4.74 Å². The quantitative estimate of drug-likeness (QED) is 0.904. The molecule has 6 heteroatoms. The Morgan fingerprint density at radius 3 is 2.91 bits per heavy atom. The van der Waals surface area contributed by atoms with E-state index in [0.29, 0.717) is 31.7 Å². The van der Waals surface area contributed by atoms with Crippen LogP contribution >= 0.6 is 0 Å². The fourth-order valence-corrected chi connectivity index (χ4v) is 3.08. The number of aliphatic hydroxyl groups is 1. The minimum Gasteiger partial charge on any atom is -0.393 e. The Labute approximate surface area is 135 Å². The number of aromatic nitrogens is 2. The number of nitrogens with zero attached hydrogens (tertiary/aromatic N) is 3. The van der Waals surface area contributed by atoms with Gasteiger partial charge in [0, 0.05) is 39.3 Å². The summed E-state index contributed by atoms with van der Waals surface area (Å²) in [6, 6.07) is 6.65. The molecule has 2 aromatic rings. The second-order valence-corrected chi connectivity index (χ2v) is 6.20. The highest BCUT2D eigenvalue weighted by atomic mass is 19.1. The molecule has 1 N–H and O–H groups in total. The molecule has 23 heavy (non-hydrogen) atoms. The summed E-state index contributed by atoms with van der Waals surface area (Å²) in [7, 11) is 1.94. The highest BCUT2D eigenvalue weighted by Gasteiger charge is 2.37. The number of ether oxygens (including phenoxy) is 1. The molecule has 0 amide bonds. The van der Waals surface area contributed by atoms with E-state index in [2.05, 4.69) is 9.88 Å². The molecule has 5 nitrogen and oxygen atoms in total. The van der Waals surface area contributed by atoms with Crippen molar-refractivity contribution in [3.8, 4) is 0 Å². The predicted octanol–water partition coefficient (Wildman–Crippen LogP) is 1.37. The van der Waals surface area contributed by atoms with E-state index in [1.54, 1.807) is 24.5 Å². The van der Waals surface area contributed by atoms with Gasteiger partial charge in [0.05, 0.1) is 25.2 Å². The van der Waals surface area contributed by atoms with Crippen molar-refractivity contribution >= 4 is 0 Å². The lowest BCUT2D eigenvalue weighted by Gasteiger charge is -2.41. The molecule has 1 aromatic carbocycles. The van der Waals surface area contributed by atoms with Crippen molar-refractivity contribution in [2.24, 2.45) is 7.05 Å². The van der Waals surface area contributed by atoms with Crippen molar-refractivity contribution in [1.29, 1.82) is 0 Å². The Bertz CT molecular complexity index is 661. The predicted molar refractivity (Wildman–Crippen MR) is 84.4 cm³/mol. The molecule has 1 aromatic heterocycles. The summed E-state index contributed by atoms with van der Waals surface area (Å²) >= 11 is 0. The minimum absolute atomic E-state index is 0.139. The minimum atomic E-state index is -0.769. The van der Waals surface area contributed by atoms with Crippen molar-refractivity contribution in [2.45, 2.75) is 18.6 Å². The summed E-state index contributed by atoms with van der Waals surface area (Å²) < 4.78 is 21.7. The van der Waals surface area contributed by atoms with Gasteiger partial charge in [0.15, 0.2) is 0 Å². The van der Waals surface area contributed by atoms with Crippen molar-refractivity contribution in [2.75, 3.05) is 26.3 Å². The van der Waals surface area contributed by atoms with Crippen LogP contribution in [0.3, 0.4) is 0 Å². The number of hydrogen-bond acceptors (Lipinski definition) is 4. The highest BCUT2D eigenvalue weighted by molar-refractivity contribution is 5.20. The van der Waals surface area contributed by atoms with Crippen LogP contribution < -0.4 is 0 Å². The summed E-state index contributed by atoms with van der Waals surface area (Å²) in [5, 5.41) is 9.89. The van der Waals surface area contributed by atoms with Crippen LogP contribution in [0.4, 0.5) is 4.39 Å². The normalized spacial score (nSPS) is 22.4. The van der Waals surface area contributed by atoms with Crippen LogP contribution in [0.5, 0.6) is 0 Å². The van der Waals surface area contributed by atoms with Crippen LogP contribution in [-0.2, 0) is 24.8 Å². The summed E-state index contributed by atoms with van der Waals surface area (Å²) in [4.78, 5) is 6.54. The van der Waals surface area contributed by atoms with Crippen molar-refractivity contribution in [3.63, 3.8) is 0 Å². The first kappa shape index (κ1) is 16.1. The molecule has 0 unspecified atom stereocenters. The van der Waals surface area contributed by atoms with Gasteiger partial charge in [0.2, 0.25) is 0 Å². The average molecular weight is 319 g/mol. The molecule has 124 valence electrons. The van der Waals surface area contributed by atoms with Gasteiger partial charge in [-0.1, -0.05) is 18.2 Å². The number of aryl methyl sites for hydroxylation is 1. The van der Waals surface area contributed by atoms with E-state index in [0.717, 1.165) is 12.2 Å². The Morgan fingerprint density at radius 1 is 1.39 bits per heavy atom. The monoisotopic (exact) mass is 319 g/mol. The van der Waals surface area contributed by atoms with Crippen LogP contribution in [-0.4, -0.2) is 51.5 Å². The Morgan fingerprint density at radius 2 is 2.22 bits per heavy atom. The van der Waals surface area contributed by atoms with Gasteiger partial charge in [-0.25, -0.2) is 9.37 Å². The zero-order valence-electron chi connectivity index (χ0n) is 13.3. The Hall–Kier alpha value is -1.76. The van der Waals surface area contributed by atoms with Gasteiger partial charge in [-0.05, 0) is 11.6 Å². The SMILES string of the molecule is Cn1cnc(CN2CCO[C@@](CO)(Cc3ccccc3F)C2)c1. The molecule has 1 aliphatic rings. The van der Waals surface area contributed by atoms with Crippen LogP contribution in [0.25, 0.3) is 0 Å². The summed E-state index contributed by atoms with van der Waals surface area (Å²) in [5.41, 5.74) is 0.781.